The fraction of sp³-hybridized carbons (Fsp3) is 0.548. The number of allylic oxidation sites excluding steroid dienone is 2. The molecule has 1 saturated heterocycles. The molecule has 2 N–H and O–H groups in total. The van der Waals surface area contributed by atoms with E-state index in [4.69, 9.17) is 23.9 Å². The highest BCUT2D eigenvalue weighted by molar-refractivity contribution is 7.90. The molecule has 2 saturated carbocycles. The molecule has 4 heterocycles. The lowest BCUT2D eigenvalue weighted by molar-refractivity contribution is -0.140. The van der Waals surface area contributed by atoms with Crippen LogP contribution in [0.3, 0.4) is 0 Å². The van der Waals surface area contributed by atoms with Crippen molar-refractivity contribution in [3.8, 4) is 17.4 Å². The zero-order chi connectivity index (χ0) is 41.2. The Hall–Kier alpha value is -4.54. The highest BCUT2D eigenvalue weighted by atomic mass is 32.2. The monoisotopic (exact) mass is 836 g/mol. The molecule has 1 aromatic carbocycles. The van der Waals surface area contributed by atoms with E-state index in [1.165, 1.54) is 16.2 Å². The molecule has 5 atom stereocenters. The van der Waals surface area contributed by atoms with Crippen LogP contribution < -0.4 is 24.2 Å². The number of carbonyl (C=O) groups is 4. The second-order valence-corrected chi connectivity index (χ2v) is 18.9. The number of sulfonamides is 1. The Balaban J connectivity index is 1.22. The average molecular weight is 837 g/mol. The summed E-state index contributed by atoms with van der Waals surface area (Å²) in [5.41, 5.74) is 0.141. The number of fused-ring (bicyclic) bond motifs is 3. The number of aromatic nitrogens is 1. The average Bonchev–Trinajstić information content (AvgIpc) is 4.08. The van der Waals surface area contributed by atoms with Gasteiger partial charge in [-0.2, -0.15) is 0 Å². The summed E-state index contributed by atoms with van der Waals surface area (Å²) >= 11 is 1.28. The predicted molar refractivity (Wildman–Crippen MR) is 217 cm³/mol. The number of nitrogens with zero attached hydrogens (tertiary/aromatic N) is 2. The second-order valence-electron chi connectivity index (χ2n) is 15.7. The maximum Gasteiger partial charge on any atom is 0.262 e. The third-order valence-electron chi connectivity index (χ3n) is 11.6. The van der Waals surface area contributed by atoms with Crippen LogP contribution in [0.25, 0.3) is 10.9 Å². The maximum atomic E-state index is 14.8. The number of aryl methyl sites for hydroxylation is 1. The molecule has 2 aliphatic heterocycles. The zero-order valence-electron chi connectivity index (χ0n) is 33.4. The number of hydrogen-bond donors (Lipinski definition) is 2. The highest BCUT2D eigenvalue weighted by Gasteiger charge is 2.61. The molecule has 0 unspecified atom stereocenters. The normalized spacial score (nSPS) is 25.8. The van der Waals surface area contributed by atoms with Gasteiger partial charge in [0, 0.05) is 41.8 Å². The molecule has 0 spiro atoms. The molecule has 58 heavy (non-hydrogen) atoms. The summed E-state index contributed by atoms with van der Waals surface area (Å²) in [6.07, 6.45) is 7.74. The number of amides is 3. The van der Waals surface area contributed by atoms with E-state index in [1.807, 2.05) is 44.2 Å². The van der Waals surface area contributed by atoms with Crippen molar-refractivity contribution in [1.82, 2.24) is 19.9 Å². The molecule has 14 nitrogen and oxygen atoms in total. The van der Waals surface area contributed by atoms with Crippen molar-refractivity contribution >= 4 is 55.8 Å². The number of rotatable bonds is 12. The van der Waals surface area contributed by atoms with Crippen LogP contribution in [0.2, 0.25) is 0 Å². The summed E-state index contributed by atoms with van der Waals surface area (Å²) in [5, 5.41) is 3.06. The summed E-state index contributed by atoms with van der Waals surface area (Å²) in [7, 11) is -0.703. The molecule has 2 aromatic heterocycles. The third kappa shape index (κ3) is 8.88. The number of methoxy groups -OCH3 is 2. The Bertz CT molecular complexity index is 2200. The molecule has 0 radical (unpaired) electrons. The van der Waals surface area contributed by atoms with E-state index < -0.39 is 56.6 Å². The lowest BCUT2D eigenvalue weighted by Gasteiger charge is -2.29. The second kappa shape index (κ2) is 17.4. The molecule has 16 heteroatoms. The smallest absolute Gasteiger partial charge is 0.262 e. The molecule has 7 rings (SSSR count). The standard InChI is InChI=1S/C42H52N4O10S2/c1-5-55-37-20-35(30-16-17-34(54-4)25(2)38(30)44-37)56-27-19-32-33(47)22-42(41(50)45-58(51,52)29-14-15-29)21-26(42)11-9-7-6-8-10-12-31(40(49)46(32)23-27)43-39(48)36-18-13-28(57-36)24-53-3/h9,11,13,16-18,20,26-27,29,31-32H,5-8,10,12,14-15,19,21-24H2,1-4H3,(H,43,48)(H,45,50)/b11-9-/t26-,27+,31-,32-,42+/m0/s1. The van der Waals surface area contributed by atoms with Gasteiger partial charge in [-0.15, -0.1) is 11.3 Å². The van der Waals surface area contributed by atoms with Crippen molar-refractivity contribution in [1.29, 1.82) is 0 Å². The van der Waals surface area contributed by atoms with E-state index >= 15 is 0 Å². The van der Waals surface area contributed by atoms with Gasteiger partial charge in [0.15, 0.2) is 5.78 Å². The van der Waals surface area contributed by atoms with Gasteiger partial charge < -0.3 is 29.2 Å². The van der Waals surface area contributed by atoms with Crippen molar-refractivity contribution in [2.45, 2.75) is 108 Å². The van der Waals surface area contributed by atoms with Gasteiger partial charge in [0.05, 0.1) is 54.0 Å². The van der Waals surface area contributed by atoms with Crippen LogP contribution in [0.15, 0.2) is 42.5 Å². The lowest BCUT2D eigenvalue weighted by atomic mass is 9.91. The van der Waals surface area contributed by atoms with E-state index in [2.05, 4.69) is 10.0 Å². The number of ketones is 1. The third-order valence-corrected chi connectivity index (χ3v) is 14.5. The minimum absolute atomic E-state index is 0.0279. The number of pyridine rings is 1. The Morgan fingerprint density at radius 3 is 2.60 bits per heavy atom. The van der Waals surface area contributed by atoms with Gasteiger partial charge in [0.1, 0.15) is 23.6 Å². The Labute approximate surface area is 343 Å². The van der Waals surface area contributed by atoms with E-state index in [1.54, 1.807) is 26.4 Å². The molecular formula is C42H52N4O10S2. The number of Topliss-reactive ketones (excluding diaryl/α,β-unsaturated/α-hetero) is 1. The van der Waals surface area contributed by atoms with Gasteiger partial charge in [-0.05, 0) is 82.6 Å². The highest BCUT2D eigenvalue weighted by Crippen LogP contribution is 2.57. The maximum absolute atomic E-state index is 14.8. The molecule has 4 aliphatic rings. The molecule has 2 aliphatic carbocycles. The van der Waals surface area contributed by atoms with E-state index in [0.717, 1.165) is 29.7 Å². The lowest BCUT2D eigenvalue weighted by Crippen LogP contribution is -2.52. The van der Waals surface area contributed by atoms with Gasteiger partial charge in [0.25, 0.3) is 5.91 Å². The molecule has 312 valence electrons. The van der Waals surface area contributed by atoms with Crippen LogP contribution >= 0.6 is 11.3 Å². The van der Waals surface area contributed by atoms with E-state index in [0.29, 0.717) is 78.5 Å². The summed E-state index contributed by atoms with van der Waals surface area (Å²) in [5.74, 6) is -0.750. The van der Waals surface area contributed by atoms with Crippen LogP contribution in [-0.2, 0) is 35.8 Å². The Morgan fingerprint density at radius 2 is 1.86 bits per heavy atom. The van der Waals surface area contributed by atoms with Gasteiger partial charge in [0.2, 0.25) is 27.7 Å². The fourth-order valence-corrected chi connectivity index (χ4v) is 10.5. The fourth-order valence-electron chi connectivity index (χ4n) is 8.21. The van der Waals surface area contributed by atoms with Crippen LogP contribution in [0.4, 0.5) is 0 Å². The number of ether oxygens (including phenoxy) is 4. The molecule has 3 aromatic rings. The van der Waals surface area contributed by atoms with Gasteiger partial charge >= 0.3 is 0 Å². The number of nitrogens with one attached hydrogen (secondary N) is 2. The SMILES string of the molecule is CCOc1cc(O[C@@H]2C[C@H]3C(=O)C[C@]4(C(=O)NS(=O)(=O)C5CC5)C[C@@H]4/C=C\CCCCC[C@H](NC(=O)c4ccc(COC)s4)C(=O)N3C2)c2ccc(OC)c(C)c2n1. The number of carbonyl (C=O) groups excluding carboxylic acids is 4. The first-order valence-corrected chi connectivity index (χ1v) is 22.5. The quantitative estimate of drug-likeness (QED) is 0.223. The number of thiophene rings is 1. The number of hydrogen-bond acceptors (Lipinski definition) is 12. The summed E-state index contributed by atoms with van der Waals surface area (Å²) in [6.45, 7) is 4.49. The molecule has 0 bridgehead atoms. The Morgan fingerprint density at radius 1 is 1.05 bits per heavy atom. The van der Waals surface area contributed by atoms with Crippen molar-refractivity contribution in [2.75, 3.05) is 27.4 Å². The first-order valence-electron chi connectivity index (χ1n) is 20.1. The molecule has 3 fully saturated rings. The topological polar surface area (TPSA) is 180 Å². The van der Waals surface area contributed by atoms with E-state index in [9.17, 15) is 27.6 Å². The van der Waals surface area contributed by atoms with Crippen LogP contribution in [0.1, 0.15) is 91.2 Å². The van der Waals surface area contributed by atoms with Gasteiger partial charge in [-0.3, -0.25) is 23.9 Å². The summed E-state index contributed by atoms with van der Waals surface area (Å²) < 4.78 is 51.5. The largest absolute Gasteiger partial charge is 0.496 e. The molecular weight excluding hydrogens is 785 g/mol. The zero-order valence-corrected chi connectivity index (χ0v) is 35.0. The van der Waals surface area contributed by atoms with Crippen LogP contribution in [-0.4, -0.2) is 92.6 Å². The van der Waals surface area contributed by atoms with Crippen molar-refractivity contribution in [3.05, 3.63) is 57.8 Å². The minimum atomic E-state index is -3.87. The minimum Gasteiger partial charge on any atom is -0.496 e. The van der Waals surface area contributed by atoms with Gasteiger partial charge in [-0.25, -0.2) is 13.4 Å². The van der Waals surface area contributed by atoms with Crippen molar-refractivity contribution in [3.63, 3.8) is 0 Å². The van der Waals surface area contributed by atoms with Gasteiger partial charge in [-0.1, -0.05) is 25.0 Å². The summed E-state index contributed by atoms with van der Waals surface area (Å²) in [4.78, 5) is 64.5. The summed E-state index contributed by atoms with van der Waals surface area (Å²) in [6, 6.07) is 6.94. The first kappa shape index (κ1) is 41.6. The van der Waals surface area contributed by atoms with Crippen molar-refractivity contribution < 1.29 is 46.5 Å². The molecule has 3 amide bonds. The Kier molecular flexibility index (Phi) is 12.5. The van der Waals surface area contributed by atoms with Crippen LogP contribution in [0, 0.1) is 18.3 Å². The van der Waals surface area contributed by atoms with Crippen LogP contribution in [0.5, 0.6) is 17.4 Å². The van der Waals surface area contributed by atoms with Crippen molar-refractivity contribution in [2.24, 2.45) is 11.3 Å². The first-order chi connectivity index (χ1) is 27.9. The number of benzene rings is 1. The predicted octanol–water partition coefficient (Wildman–Crippen LogP) is 5.40. The van der Waals surface area contributed by atoms with E-state index in [-0.39, 0.29) is 31.1 Å².